The molecular formula is C33H38O11. The molecule has 11 nitrogen and oxygen atoms in total. The van der Waals surface area contributed by atoms with E-state index in [1.807, 2.05) is 0 Å². The summed E-state index contributed by atoms with van der Waals surface area (Å²) in [5.41, 5.74) is -6.70. The Morgan fingerprint density at radius 1 is 0.818 bits per heavy atom. The fraction of sp³-hybridized carbons (Fsp3) is 0.515. The number of benzene rings is 2. The first-order valence-corrected chi connectivity index (χ1v) is 14.6. The van der Waals surface area contributed by atoms with Crippen LogP contribution in [0.3, 0.4) is 0 Å². The third kappa shape index (κ3) is 4.87. The highest BCUT2D eigenvalue weighted by Crippen LogP contribution is 2.69. The van der Waals surface area contributed by atoms with Gasteiger partial charge in [0.25, 0.3) is 0 Å². The van der Waals surface area contributed by atoms with Crippen molar-refractivity contribution >= 4 is 23.9 Å². The Morgan fingerprint density at radius 2 is 1.36 bits per heavy atom. The maximum atomic E-state index is 13.7. The molecule has 3 aliphatic rings. The summed E-state index contributed by atoms with van der Waals surface area (Å²) < 4.78 is 30.7. The summed E-state index contributed by atoms with van der Waals surface area (Å²) in [5.74, 6) is -4.02. The van der Waals surface area contributed by atoms with Gasteiger partial charge in [-0.15, -0.1) is 0 Å². The lowest BCUT2D eigenvalue weighted by atomic mass is 9.46. The fourth-order valence-electron chi connectivity index (χ4n) is 7.67. The second-order valence-corrected chi connectivity index (χ2v) is 12.6. The molecule has 3 fully saturated rings. The molecule has 11 heteroatoms. The molecular weight excluding hydrogens is 572 g/mol. The van der Waals surface area contributed by atoms with Gasteiger partial charge in [-0.2, -0.15) is 0 Å². The Balaban J connectivity index is 1.79. The molecule has 2 aromatic rings. The van der Waals surface area contributed by atoms with Crippen LogP contribution < -0.4 is 0 Å². The van der Waals surface area contributed by atoms with Crippen LogP contribution in [0.4, 0.5) is 0 Å². The van der Waals surface area contributed by atoms with Crippen molar-refractivity contribution in [2.45, 2.75) is 88.7 Å². The van der Waals surface area contributed by atoms with Crippen molar-refractivity contribution < 1.29 is 53.1 Å². The van der Waals surface area contributed by atoms with Gasteiger partial charge in [0.1, 0.15) is 29.8 Å². The van der Waals surface area contributed by atoms with E-state index in [0.29, 0.717) is 0 Å². The molecule has 8 atom stereocenters. The van der Waals surface area contributed by atoms with Crippen molar-refractivity contribution in [3.8, 4) is 0 Å². The highest BCUT2D eigenvalue weighted by Gasteiger charge is 2.86. The second-order valence-electron chi connectivity index (χ2n) is 12.6. The quantitative estimate of drug-likeness (QED) is 0.351. The molecule has 2 bridgehead atoms. The van der Waals surface area contributed by atoms with Gasteiger partial charge in [0.05, 0.1) is 34.4 Å². The molecule has 236 valence electrons. The summed E-state index contributed by atoms with van der Waals surface area (Å²) >= 11 is 0. The Hall–Kier alpha value is -3.80. The minimum Gasteiger partial charge on any atom is -0.465 e. The van der Waals surface area contributed by atoms with Crippen LogP contribution in [0.2, 0.25) is 0 Å². The summed E-state index contributed by atoms with van der Waals surface area (Å²) in [6, 6.07) is 16.2. The number of carbonyl (C=O) groups excluding carboxylic acids is 4. The third-order valence-corrected chi connectivity index (χ3v) is 9.41. The van der Waals surface area contributed by atoms with Gasteiger partial charge < -0.3 is 33.9 Å². The standard InChI is InChI=1S/C33H38O11/c1-19(34)40-18-32-23(36)16-17-31(5,39)33(32)26(41-20(2)35)24(30(3,4)44-33)25(42-28(37)21-12-8-6-9-13-21)27(32)43-29(38)22-14-10-7-11-15-22/h6-15,23-27,36,39H,16-18H2,1-5H3. The van der Waals surface area contributed by atoms with E-state index in [1.54, 1.807) is 62.4 Å². The number of aliphatic hydroxyl groups excluding tert-OH is 1. The van der Waals surface area contributed by atoms with E-state index < -0.39 is 83.0 Å². The van der Waals surface area contributed by atoms with Crippen LogP contribution in [-0.4, -0.2) is 81.9 Å². The van der Waals surface area contributed by atoms with Gasteiger partial charge in [0.2, 0.25) is 0 Å². The first-order chi connectivity index (χ1) is 20.7. The Kier molecular flexibility index (Phi) is 8.11. The van der Waals surface area contributed by atoms with E-state index in [2.05, 4.69) is 0 Å². The summed E-state index contributed by atoms with van der Waals surface area (Å²) in [7, 11) is 0. The van der Waals surface area contributed by atoms with Gasteiger partial charge in [-0.3, -0.25) is 9.59 Å². The monoisotopic (exact) mass is 610 g/mol. The topological polar surface area (TPSA) is 155 Å². The molecule has 44 heavy (non-hydrogen) atoms. The predicted octanol–water partition coefficient (Wildman–Crippen LogP) is 3.00. The van der Waals surface area contributed by atoms with E-state index in [1.165, 1.54) is 32.9 Å². The summed E-state index contributed by atoms with van der Waals surface area (Å²) in [6.45, 7) is 6.60. The molecule has 1 saturated heterocycles. The molecule has 1 aliphatic heterocycles. The van der Waals surface area contributed by atoms with Crippen molar-refractivity contribution in [2.75, 3.05) is 6.61 Å². The number of ether oxygens (including phenoxy) is 5. The van der Waals surface area contributed by atoms with Crippen LogP contribution in [-0.2, 0) is 33.3 Å². The zero-order valence-corrected chi connectivity index (χ0v) is 25.4. The van der Waals surface area contributed by atoms with Gasteiger partial charge in [-0.05, 0) is 57.9 Å². The average Bonchev–Trinajstić information content (AvgIpc) is 3.17. The average molecular weight is 611 g/mol. The van der Waals surface area contributed by atoms with Crippen LogP contribution in [0.5, 0.6) is 0 Å². The number of hydrogen-bond donors (Lipinski definition) is 2. The van der Waals surface area contributed by atoms with E-state index in [0.717, 1.165) is 0 Å². The van der Waals surface area contributed by atoms with Gasteiger partial charge in [0, 0.05) is 13.8 Å². The molecule has 2 saturated carbocycles. The van der Waals surface area contributed by atoms with Crippen LogP contribution >= 0.6 is 0 Å². The molecule has 1 spiro atoms. The van der Waals surface area contributed by atoms with E-state index in [9.17, 15) is 29.4 Å². The van der Waals surface area contributed by atoms with Crippen LogP contribution in [0.25, 0.3) is 0 Å². The van der Waals surface area contributed by atoms with Gasteiger partial charge >= 0.3 is 23.9 Å². The van der Waals surface area contributed by atoms with Gasteiger partial charge in [0.15, 0.2) is 6.10 Å². The molecule has 2 aromatic carbocycles. The fourth-order valence-corrected chi connectivity index (χ4v) is 7.67. The van der Waals surface area contributed by atoms with Gasteiger partial charge in [-0.1, -0.05) is 36.4 Å². The van der Waals surface area contributed by atoms with Crippen molar-refractivity contribution in [2.24, 2.45) is 11.3 Å². The van der Waals surface area contributed by atoms with E-state index in [4.69, 9.17) is 23.7 Å². The molecule has 8 unspecified atom stereocenters. The van der Waals surface area contributed by atoms with E-state index >= 15 is 0 Å². The largest absolute Gasteiger partial charge is 0.465 e. The van der Waals surface area contributed by atoms with Crippen LogP contribution in [0, 0.1) is 11.3 Å². The van der Waals surface area contributed by atoms with Crippen molar-refractivity contribution in [3.05, 3.63) is 71.8 Å². The maximum Gasteiger partial charge on any atom is 0.338 e. The first-order valence-electron chi connectivity index (χ1n) is 14.6. The molecule has 0 amide bonds. The lowest BCUT2D eigenvalue weighted by Gasteiger charge is -2.65. The molecule has 1 heterocycles. The number of aliphatic hydroxyl groups is 2. The molecule has 2 N–H and O–H groups in total. The summed E-state index contributed by atoms with van der Waals surface area (Å²) in [4.78, 5) is 52.4. The minimum atomic E-state index is -1.98. The Bertz CT molecular complexity index is 1420. The number of esters is 4. The zero-order chi connectivity index (χ0) is 32.1. The van der Waals surface area contributed by atoms with E-state index in [-0.39, 0.29) is 24.0 Å². The highest BCUT2D eigenvalue weighted by molar-refractivity contribution is 5.90. The molecule has 2 aliphatic carbocycles. The van der Waals surface area contributed by atoms with Crippen molar-refractivity contribution in [1.29, 1.82) is 0 Å². The summed E-state index contributed by atoms with van der Waals surface area (Å²) in [5, 5.41) is 24.2. The lowest BCUT2D eigenvalue weighted by Crippen LogP contribution is -2.83. The van der Waals surface area contributed by atoms with Crippen molar-refractivity contribution in [3.63, 3.8) is 0 Å². The smallest absolute Gasteiger partial charge is 0.338 e. The number of carbonyl (C=O) groups is 4. The second kappa shape index (κ2) is 11.3. The number of rotatable bonds is 7. The third-order valence-electron chi connectivity index (χ3n) is 9.41. The Morgan fingerprint density at radius 3 is 1.89 bits per heavy atom. The highest BCUT2D eigenvalue weighted by atomic mass is 16.6. The molecule has 0 radical (unpaired) electrons. The van der Waals surface area contributed by atoms with Crippen molar-refractivity contribution in [1.82, 2.24) is 0 Å². The maximum absolute atomic E-state index is 13.7. The first kappa shape index (κ1) is 31.6. The number of fused-ring (bicyclic) bond motifs is 1. The molecule has 5 rings (SSSR count). The van der Waals surface area contributed by atoms with Crippen LogP contribution in [0.1, 0.15) is 68.2 Å². The number of hydrogen-bond acceptors (Lipinski definition) is 11. The van der Waals surface area contributed by atoms with Gasteiger partial charge in [-0.25, -0.2) is 9.59 Å². The zero-order valence-electron chi connectivity index (χ0n) is 25.4. The van der Waals surface area contributed by atoms with Crippen LogP contribution in [0.15, 0.2) is 60.7 Å². The summed E-state index contributed by atoms with van der Waals surface area (Å²) in [6.07, 6.45) is -5.73. The predicted molar refractivity (Wildman–Crippen MR) is 153 cm³/mol. The SMILES string of the molecule is CC(=O)OCC12C(O)CCC(C)(O)C13OC(C)(C)C(C(OC(=O)c1ccccc1)C2OC(=O)c1ccccc1)C3OC(C)=O. The normalized spacial score (nSPS) is 35.1. The lowest BCUT2D eigenvalue weighted by molar-refractivity contribution is -0.347. The minimum absolute atomic E-state index is 0.00434. The molecule has 0 aromatic heterocycles. The Labute approximate surface area is 255 Å².